The van der Waals surface area contributed by atoms with Crippen LogP contribution in [0.3, 0.4) is 0 Å². The number of amides is 1. The molecule has 21 heavy (non-hydrogen) atoms. The summed E-state index contributed by atoms with van der Waals surface area (Å²) >= 11 is 0. The molecule has 1 fully saturated rings. The third-order valence-electron chi connectivity index (χ3n) is 3.52. The number of likely N-dealkylation sites (tertiary alicyclic amines) is 1. The van der Waals surface area contributed by atoms with Crippen molar-refractivity contribution in [1.29, 1.82) is 0 Å². The third kappa shape index (κ3) is 7.67. The van der Waals surface area contributed by atoms with Gasteiger partial charge in [-0.1, -0.05) is 0 Å². The van der Waals surface area contributed by atoms with Crippen LogP contribution in [0.25, 0.3) is 0 Å². The fourth-order valence-corrected chi connectivity index (χ4v) is 2.49. The molecular formula is C16H32N2O3. The van der Waals surface area contributed by atoms with E-state index in [1.54, 1.807) is 0 Å². The van der Waals surface area contributed by atoms with Crippen molar-refractivity contribution in [3.63, 3.8) is 0 Å². The second kappa shape index (κ2) is 8.59. The van der Waals surface area contributed by atoms with Crippen molar-refractivity contribution in [2.45, 2.75) is 71.6 Å². The van der Waals surface area contributed by atoms with E-state index in [0.29, 0.717) is 6.04 Å². The van der Waals surface area contributed by atoms with Crippen LogP contribution in [0.1, 0.15) is 53.9 Å². The molecule has 0 aromatic rings. The van der Waals surface area contributed by atoms with Crippen LogP contribution in [0.15, 0.2) is 0 Å². The zero-order valence-corrected chi connectivity index (χ0v) is 14.3. The largest absolute Gasteiger partial charge is 0.444 e. The first kappa shape index (κ1) is 18.2. The average Bonchev–Trinajstić information content (AvgIpc) is 2.60. The molecule has 5 nitrogen and oxygen atoms in total. The second-order valence-corrected chi connectivity index (χ2v) is 6.77. The van der Waals surface area contributed by atoms with Crippen LogP contribution in [-0.4, -0.2) is 55.0 Å². The van der Waals surface area contributed by atoms with Crippen molar-refractivity contribution >= 4 is 6.09 Å². The lowest BCUT2D eigenvalue weighted by molar-refractivity contribution is 0.0255. The average molecular weight is 300 g/mol. The summed E-state index contributed by atoms with van der Waals surface area (Å²) in [5, 5.41) is 3.55. The molecular weight excluding hydrogens is 268 g/mol. The summed E-state index contributed by atoms with van der Waals surface area (Å²) < 4.78 is 11.0. The van der Waals surface area contributed by atoms with E-state index in [9.17, 15) is 4.79 Å². The number of nitrogens with zero attached hydrogens (tertiary/aromatic N) is 1. The number of nitrogens with one attached hydrogen (secondary N) is 1. The highest BCUT2D eigenvalue weighted by Crippen LogP contribution is 2.15. The van der Waals surface area contributed by atoms with Gasteiger partial charge in [0.2, 0.25) is 0 Å². The summed E-state index contributed by atoms with van der Waals surface area (Å²) in [6, 6.07) is 0.459. The predicted molar refractivity (Wildman–Crippen MR) is 84.5 cm³/mol. The van der Waals surface area contributed by atoms with E-state index in [-0.39, 0.29) is 12.2 Å². The van der Waals surface area contributed by atoms with E-state index in [1.165, 1.54) is 0 Å². The molecule has 2 unspecified atom stereocenters. The minimum Gasteiger partial charge on any atom is -0.444 e. The lowest BCUT2D eigenvalue weighted by Crippen LogP contribution is -2.39. The van der Waals surface area contributed by atoms with Crippen molar-refractivity contribution in [3.8, 4) is 0 Å². The molecule has 0 aliphatic carbocycles. The monoisotopic (exact) mass is 300 g/mol. The van der Waals surface area contributed by atoms with Gasteiger partial charge < -0.3 is 19.7 Å². The van der Waals surface area contributed by atoms with Crippen LogP contribution >= 0.6 is 0 Å². The molecule has 0 saturated carbocycles. The maximum Gasteiger partial charge on any atom is 0.410 e. The Labute approximate surface area is 129 Å². The zero-order valence-electron chi connectivity index (χ0n) is 14.3. The van der Waals surface area contributed by atoms with Gasteiger partial charge in [0.05, 0.1) is 6.10 Å². The van der Waals surface area contributed by atoms with Crippen LogP contribution < -0.4 is 5.32 Å². The van der Waals surface area contributed by atoms with Crippen molar-refractivity contribution in [3.05, 3.63) is 0 Å². The lowest BCUT2D eigenvalue weighted by Gasteiger charge is -2.26. The van der Waals surface area contributed by atoms with Gasteiger partial charge in [-0.15, -0.1) is 0 Å². The minimum absolute atomic E-state index is 0.189. The Morgan fingerprint density at radius 1 is 1.33 bits per heavy atom. The number of carbonyl (C=O) groups excluding carboxylic acids is 1. The molecule has 0 spiro atoms. The van der Waals surface area contributed by atoms with Crippen molar-refractivity contribution < 1.29 is 14.3 Å². The Morgan fingerprint density at radius 3 is 2.67 bits per heavy atom. The van der Waals surface area contributed by atoms with Gasteiger partial charge >= 0.3 is 6.09 Å². The molecule has 1 saturated heterocycles. The summed E-state index contributed by atoms with van der Waals surface area (Å²) in [6.45, 7) is 13.0. The third-order valence-corrected chi connectivity index (χ3v) is 3.52. The van der Waals surface area contributed by atoms with E-state index < -0.39 is 5.60 Å². The molecule has 1 N–H and O–H groups in total. The molecule has 0 aromatic heterocycles. The van der Waals surface area contributed by atoms with Crippen LogP contribution in [-0.2, 0) is 9.47 Å². The number of carbonyl (C=O) groups is 1. The maximum absolute atomic E-state index is 12.1. The number of hydrogen-bond donors (Lipinski definition) is 1. The van der Waals surface area contributed by atoms with Crippen LogP contribution in [0, 0.1) is 0 Å². The second-order valence-electron chi connectivity index (χ2n) is 6.77. The Balaban J connectivity index is 2.34. The van der Waals surface area contributed by atoms with Crippen molar-refractivity contribution in [1.82, 2.24) is 10.2 Å². The van der Waals surface area contributed by atoms with E-state index in [2.05, 4.69) is 12.2 Å². The van der Waals surface area contributed by atoms with Crippen molar-refractivity contribution in [2.24, 2.45) is 0 Å². The molecule has 1 aliphatic rings. The molecule has 0 bridgehead atoms. The lowest BCUT2D eigenvalue weighted by atomic mass is 10.1. The van der Waals surface area contributed by atoms with Gasteiger partial charge in [0.15, 0.2) is 0 Å². The Bertz CT molecular complexity index is 315. The van der Waals surface area contributed by atoms with Crippen LogP contribution in [0.4, 0.5) is 4.79 Å². The molecule has 1 amide bonds. The minimum atomic E-state index is -0.423. The van der Waals surface area contributed by atoms with E-state index >= 15 is 0 Å². The summed E-state index contributed by atoms with van der Waals surface area (Å²) in [5.41, 5.74) is -0.423. The fourth-order valence-electron chi connectivity index (χ4n) is 2.49. The van der Waals surface area contributed by atoms with Crippen molar-refractivity contribution in [2.75, 3.05) is 26.2 Å². The first-order valence-electron chi connectivity index (χ1n) is 8.14. The van der Waals surface area contributed by atoms with Gasteiger partial charge in [-0.25, -0.2) is 4.79 Å². The van der Waals surface area contributed by atoms with Gasteiger partial charge in [0, 0.05) is 32.3 Å². The van der Waals surface area contributed by atoms with E-state index in [1.807, 2.05) is 32.6 Å². The van der Waals surface area contributed by atoms with E-state index in [4.69, 9.17) is 9.47 Å². The van der Waals surface area contributed by atoms with Crippen LogP contribution in [0.5, 0.6) is 0 Å². The molecule has 0 radical (unpaired) electrons. The number of rotatable bonds is 5. The van der Waals surface area contributed by atoms with Gasteiger partial charge in [-0.2, -0.15) is 0 Å². The highest BCUT2D eigenvalue weighted by Gasteiger charge is 2.25. The Hall–Kier alpha value is -0.810. The Morgan fingerprint density at radius 2 is 2.05 bits per heavy atom. The smallest absolute Gasteiger partial charge is 0.410 e. The molecule has 1 aliphatic heterocycles. The molecule has 5 heteroatoms. The standard InChI is InChI=1S/C16H32N2O3/c1-6-20-13(2)12-17-14-8-7-10-18(11-9-14)15(19)21-16(3,4)5/h13-14,17H,6-12H2,1-5H3. The van der Waals surface area contributed by atoms with Crippen LogP contribution in [0.2, 0.25) is 0 Å². The summed E-state index contributed by atoms with van der Waals surface area (Å²) in [4.78, 5) is 13.9. The highest BCUT2D eigenvalue weighted by molar-refractivity contribution is 5.68. The van der Waals surface area contributed by atoms with Gasteiger partial charge in [0.1, 0.15) is 5.60 Å². The molecule has 0 aromatic carbocycles. The molecule has 1 heterocycles. The summed E-state index contributed by atoms with van der Waals surface area (Å²) in [6.07, 6.45) is 3.13. The molecule has 124 valence electrons. The van der Waals surface area contributed by atoms with E-state index in [0.717, 1.165) is 45.5 Å². The topological polar surface area (TPSA) is 50.8 Å². The first-order chi connectivity index (χ1) is 9.81. The summed E-state index contributed by atoms with van der Waals surface area (Å²) in [7, 11) is 0. The number of ether oxygens (including phenoxy) is 2. The number of hydrogen-bond acceptors (Lipinski definition) is 4. The Kier molecular flexibility index (Phi) is 7.46. The highest BCUT2D eigenvalue weighted by atomic mass is 16.6. The van der Waals surface area contributed by atoms with Gasteiger partial charge in [-0.05, 0) is 53.9 Å². The fraction of sp³-hybridized carbons (Fsp3) is 0.938. The zero-order chi connectivity index (χ0) is 15.9. The maximum atomic E-state index is 12.1. The molecule has 2 atom stereocenters. The molecule has 1 rings (SSSR count). The quantitative estimate of drug-likeness (QED) is 0.848. The predicted octanol–water partition coefficient (Wildman–Crippen LogP) is 2.79. The van der Waals surface area contributed by atoms with Gasteiger partial charge in [-0.3, -0.25) is 0 Å². The first-order valence-corrected chi connectivity index (χ1v) is 8.14. The summed E-state index contributed by atoms with van der Waals surface area (Å²) in [5.74, 6) is 0. The van der Waals surface area contributed by atoms with Gasteiger partial charge in [0.25, 0.3) is 0 Å². The normalized spacial score (nSPS) is 21.8. The SMILES string of the molecule is CCOC(C)CNC1CCCN(C(=O)OC(C)(C)C)CC1.